The highest BCUT2D eigenvalue weighted by Gasteiger charge is 2.26. The second kappa shape index (κ2) is 10.4. The van der Waals surface area contributed by atoms with Crippen molar-refractivity contribution in [3.63, 3.8) is 0 Å². The smallest absolute Gasteiger partial charge is 0.187 e. The van der Waals surface area contributed by atoms with Gasteiger partial charge in [-0.2, -0.15) is 0 Å². The minimum Gasteiger partial charge on any atom is -0.487 e. The van der Waals surface area contributed by atoms with Crippen LogP contribution in [0.3, 0.4) is 0 Å². The van der Waals surface area contributed by atoms with Gasteiger partial charge in [0.05, 0.1) is 11.8 Å². The number of carbonyl (C=O) groups excluding carboxylic acids is 1. The highest BCUT2D eigenvalue weighted by Crippen LogP contribution is 2.30. The molecule has 0 saturated heterocycles. The summed E-state index contributed by atoms with van der Waals surface area (Å²) in [5.41, 5.74) is 1.67. The van der Waals surface area contributed by atoms with Gasteiger partial charge in [0, 0.05) is 0 Å². The van der Waals surface area contributed by atoms with Crippen molar-refractivity contribution in [2.75, 3.05) is 11.8 Å². The van der Waals surface area contributed by atoms with Crippen molar-refractivity contribution in [2.24, 2.45) is 0 Å². The van der Waals surface area contributed by atoms with Crippen molar-refractivity contribution in [1.29, 1.82) is 0 Å². The molecular weight excluding hydrogens is 437 g/mol. The Balaban J connectivity index is 0.000000171. The van der Waals surface area contributed by atoms with Gasteiger partial charge in [0.1, 0.15) is 35.3 Å². The maximum Gasteiger partial charge on any atom is 0.187 e. The summed E-state index contributed by atoms with van der Waals surface area (Å²) in [6.07, 6.45) is 1.20. The van der Waals surface area contributed by atoms with E-state index >= 15 is 0 Å². The predicted octanol–water partition coefficient (Wildman–Crippen LogP) is 4.45. The highest BCUT2D eigenvalue weighted by molar-refractivity contribution is 6.28. The van der Waals surface area contributed by atoms with Crippen LogP contribution in [0.1, 0.15) is 24.0 Å². The number of ketones is 1. The molecule has 0 aliphatic carbocycles. The molecule has 0 saturated carbocycles. The highest BCUT2D eigenvalue weighted by atomic mass is 35.5. The molecule has 0 aromatic heterocycles. The Labute approximate surface area is 183 Å². The molecule has 2 aromatic rings. The van der Waals surface area contributed by atoms with Crippen molar-refractivity contribution >= 4 is 29.0 Å². The molecule has 4 rings (SSSR count). The van der Waals surface area contributed by atoms with E-state index in [9.17, 15) is 18.7 Å². The van der Waals surface area contributed by atoms with Crippen LogP contribution < -0.4 is 9.47 Å². The zero-order valence-electron chi connectivity index (χ0n) is 16.1. The lowest BCUT2D eigenvalue weighted by atomic mass is 9.99. The first kappa shape index (κ1) is 22.8. The van der Waals surface area contributed by atoms with Gasteiger partial charge in [-0.3, -0.25) is 4.79 Å². The molecule has 2 aliphatic heterocycles. The molecule has 3 unspecified atom stereocenters. The van der Waals surface area contributed by atoms with Crippen LogP contribution in [0.4, 0.5) is 8.78 Å². The molecule has 2 heterocycles. The van der Waals surface area contributed by atoms with Gasteiger partial charge < -0.3 is 14.6 Å². The van der Waals surface area contributed by atoms with Gasteiger partial charge >= 0.3 is 0 Å². The first-order valence-corrected chi connectivity index (χ1v) is 10.7. The Morgan fingerprint density at radius 3 is 2.13 bits per heavy atom. The fraction of sp³-hybridized carbons (Fsp3) is 0.409. The minimum absolute atomic E-state index is 0.0405. The molecule has 2 aromatic carbocycles. The number of aliphatic hydroxyl groups is 1. The Hall–Kier alpha value is -1.89. The normalized spacial score (nSPS) is 20.4. The van der Waals surface area contributed by atoms with E-state index < -0.39 is 12.2 Å². The topological polar surface area (TPSA) is 55.8 Å². The molecule has 0 radical (unpaired) electrons. The molecule has 2 aliphatic rings. The van der Waals surface area contributed by atoms with Crippen LogP contribution >= 0.6 is 23.2 Å². The van der Waals surface area contributed by atoms with E-state index in [0.29, 0.717) is 37.2 Å². The molecule has 3 atom stereocenters. The number of hydrogen-bond acceptors (Lipinski definition) is 4. The van der Waals surface area contributed by atoms with Crippen LogP contribution in [0, 0.1) is 11.6 Å². The maximum atomic E-state index is 12.9. The monoisotopic (exact) mass is 458 g/mol. The quantitative estimate of drug-likeness (QED) is 0.687. The van der Waals surface area contributed by atoms with Crippen molar-refractivity contribution < 1.29 is 28.2 Å². The summed E-state index contributed by atoms with van der Waals surface area (Å²) in [7, 11) is 0. The van der Waals surface area contributed by atoms with E-state index in [2.05, 4.69) is 0 Å². The fourth-order valence-corrected chi connectivity index (χ4v) is 3.79. The first-order valence-electron chi connectivity index (χ1n) is 9.64. The van der Waals surface area contributed by atoms with Gasteiger partial charge in [-0.1, -0.05) is 0 Å². The Kier molecular flexibility index (Phi) is 7.92. The largest absolute Gasteiger partial charge is 0.487 e. The Morgan fingerprint density at radius 1 is 1.00 bits per heavy atom. The van der Waals surface area contributed by atoms with Gasteiger partial charge in [0.15, 0.2) is 11.9 Å². The number of carbonyl (C=O) groups is 1. The molecule has 0 spiro atoms. The van der Waals surface area contributed by atoms with Gasteiger partial charge in [-0.15, -0.1) is 23.2 Å². The number of Topliss-reactive ketones (excluding diaryl/α,β-unsaturated/α-hetero) is 1. The number of aryl methyl sites for hydroxylation is 2. The zero-order chi connectivity index (χ0) is 21.7. The molecule has 8 heteroatoms. The zero-order valence-corrected chi connectivity index (χ0v) is 17.6. The first-order chi connectivity index (χ1) is 14.4. The van der Waals surface area contributed by atoms with Crippen LogP contribution in [0.15, 0.2) is 36.4 Å². The summed E-state index contributed by atoms with van der Waals surface area (Å²) < 4.78 is 36.7. The third-order valence-electron chi connectivity index (χ3n) is 5.04. The summed E-state index contributed by atoms with van der Waals surface area (Å²) in [5.74, 6) is 0.699. The van der Waals surface area contributed by atoms with E-state index in [-0.39, 0.29) is 35.3 Å². The molecule has 0 fully saturated rings. The molecule has 0 bridgehead atoms. The van der Waals surface area contributed by atoms with Crippen molar-refractivity contribution in [2.45, 2.75) is 44.0 Å². The van der Waals surface area contributed by atoms with Crippen molar-refractivity contribution in [1.82, 2.24) is 0 Å². The van der Waals surface area contributed by atoms with Gasteiger partial charge in [-0.25, -0.2) is 8.78 Å². The second-order valence-electron chi connectivity index (χ2n) is 7.17. The summed E-state index contributed by atoms with van der Waals surface area (Å²) >= 11 is 11.0. The SMILES string of the molecule is O=C(CCl)C1CCc2cc(F)ccc2O1.OC(CCl)C1CCc2cc(F)ccc2O1. The summed E-state index contributed by atoms with van der Waals surface area (Å²) in [5, 5.41) is 9.53. The van der Waals surface area contributed by atoms with Crippen LogP contribution in [0.25, 0.3) is 0 Å². The lowest BCUT2D eigenvalue weighted by Crippen LogP contribution is -2.36. The Bertz CT molecular complexity index is 893. The molecule has 162 valence electrons. The number of ether oxygens (including phenoxy) is 2. The molecule has 30 heavy (non-hydrogen) atoms. The van der Waals surface area contributed by atoms with Crippen molar-refractivity contribution in [3.05, 3.63) is 59.2 Å². The van der Waals surface area contributed by atoms with Crippen LogP contribution in [-0.2, 0) is 17.6 Å². The van der Waals surface area contributed by atoms with E-state index in [0.717, 1.165) is 11.1 Å². The average molecular weight is 459 g/mol. The number of halogens is 4. The third-order valence-corrected chi connectivity index (χ3v) is 5.62. The Morgan fingerprint density at radius 2 is 1.57 bits per heavy atom. The average Bonchev–Trinajstić information content (AvgIpc) is 2.77. The maximum absolute atomic E-state index is 12.9. The molecule has 1 N–H and O–H groups in total. The van der Waals surface area contributed by atoms with E-state index in [4.69, 9.17) is 32.7 Å². The summed E-state index contributed by atoms with van der Waals surface area (Å²) in [6, 6.07) is 8.74. The third kappa shape index (κ3) is 5.62. The lowest BCUT2D eigenvalue weighted by molar-refractivity contribution is -0.123. The number of benzene rings is 2. The lowest BCUT2D eigenvalue weighted by Gasteiger charge is -2.28. The number of hydrogen-bond donors (Lipinski definition) is 1. The van der Waals surface area contributed by atoms with Crippen LogP contribution in [0.5, 0.6) is 11.5 Å². The van der Waals surface area contributed by atoms with Crippen LogP contribution in [0.2, 0.25) is 0 Å². The van der Waals surface area contributed by atoms with Gasteiger partial charge in [0.25, 0.3) is 0 Å². The van der Waals surface area contributed by atoms with E-state index in [1.54, 1.807) is 12.1 Å². The fourth-order valence-electron chi connectivity index (χ4n) is 3.42. The van der Waals surface area contributed by atoms with Crippen molar-refractivity contribution in [3.8, 4) is 11.5 Å². The summed E-state index contributed by atoms with van der Waals surface area (Å²) in [6.45, 7) is 0. The number of fused-ring (bicyclic) bond motifs is 2. The number of rotatable bonds is 4. The number of aliphatic hydroxyl groups excluding tert-OH is 1. The minimum atomic E-state index is -0.662. The van der Waals surface area contributed by atoms with E-state index in [1.165, 1.54) is 24.3 Å². The van der Waals surface area contributed by atoms with E-state index in [1.807, 2.05) is 0 Å². The molecule has 0 amide bonds. The standard InChI is InChI=1S/C11H12ClFO2.C11H10ClFO2/c2*12-6-9(14)11-3-1-7-5-8(13)2-4-10(7)15-11/h2,4-5,9,11,14H,1,3,6H2;2,4-5,11H,1,3,6H2. The summed E-state index contributed by atoms with van der Waals surface area (Å²) in [4.78, 5) is 11.3. The second-order valence-corrected chi connectivity index (χ2v) is 7.74. The predicted molar refractivity (Wildman–Crippen MR) is 111 cm³/mol. The van der Waals surface area contributed by atoms with Gasteiger partial charge in [-0.05, 0) is 73.2 Å². The number of alkyl halides is 2. The van der Waals surface area contributed by atoms with Gasteiger partial charge in [0.2, 0.25) is 0 Å². The molecular formula is C22H22Cl2F2O4. The van der Waals surface area contributed by atoms with Crippen LogP contribution in [-0.4, -0.2) is 41.0 Å². The molecule has 4 nitrogen and oxygen atoms in total.